The van der Waals surface area contributed by atoms with Crippen LogP contribution in [0.15, 0.2) is 122 Å². The van der Waals surface area contributed by atoms with Crippen molar-refractivity contribution >= 4 is 33.6 Å². The molecule has 0 saturated carbocycles. The van der Waals surface area contributed by atoms with E-state index < -0.39 is 91.5 Å². The average molecular weight is 1380 g/mol. The van der Waals surface area contributed by atoms with E-state index in [1.165, 1.54) is 96.3 Å². The SMILES string of the molecule is CC/C=C\C/C=C\C/C=C\C/C=C\C/C=C\CCCCCC(=O)OCC(COP(=O)(O)OCC(O)COP(=O)(O)OCC(O)COC(=O)CCCCCCCCCCCCC/C=C\C/C=C\C/C=C\C/C=C\CCCCC)OC(=O)CCCCCCC/C=C\CCCCCC. The van der Waals surface area contributed by atoms with Crippen LogP contribution < -0.4 is 0 Å². The first kappa shape index (κ1) is 91.0. The van der Waals surface area contributed by atoms with Crippen LogP contribution in [0.2, 0.25) is 0 Å². The molecule has 0 bridgehead atoms. The number of esters is 3. The van der Waals surface area contributed by atoms with Crippen molar-refractivity contribution in [2.45, 2.75) is 309 Å². The van der Waals surface area contributed by atoms with Crippen LogP contribution in [0.4, 0.5) is 0 Å². The molecule has 0 aromatic carbocycles. The number of phosphoric ester groups is 2. The summed E-state index contributed by atoms with van der Waals surface area (Å²) in [4.78, 5) is 58.4. The summed E-state index contributed by atoms with van der Waals surface area (Å²) in [6, 6.07) is 0. The summed E-state index contributed by atoms with van der Waals surface area (Å²) < 4.78 is 60.9. The molecule has 0 spiro atoms. The van der Waals surface area contributed by atoms with Gasteiger partial charge in [-0.25, -0.2) is 9.13 Å². The van der Waals surface area contributed by atoms with Gasteiger partial charge in [0.1, 0.15) is 25.4 Å². The molecular weight excluding hydrogens is 1240 g/mol. The molecule has 0 heterocycles. The lowest BCUT2D eigenvalue weighted by Crippen LogP contribution is -2.30. The van der Waals surface area contributed by atoms with Crippen LogP contribution >= 0.6 is 15.6 Å². The van der Waals surface area contributed by atoms with Crippen molar-refractivity contribution in [3.8, 4) is 0 Å². The third kappa shape index (κ3) is 71.1. The Morgan fingerprint density at radius 3 is 0.926 bits per heavy atom. The molecule has 5 atom stereocenters. The highest BCUT2D eigenvalue weighted by atomic mass is 31.2. The minimum atomic E-state index is -4.94. The number of ether oxygens (including phenoxy) is 3. The lowest BCUT2D eigenvalue weighted by molar-refractivity contribution is -0.161. The third-order valence-electron chi connectivity index (χ3n) is 15.1. The Balaban J connectivity index is 4.55. The molecule has 0 aliphatic carbocycles. The molecule has 546 valence electrons. The van der Waals surface area contributed by atoms with E-state index in [-0.39, 0.29) is 19.3 Å². The van der Waals surface area contributed by atoms with Crippen molar-refractivity contribution in [3.63, 3.8) is 0 Å². The number of aliphatic hydroxyl groups excluding tert-OH is 2. The predicted molar refractivity (Wildman–Crippen MR) is 390 cm³/mol. The number of phosphoric acid groups is 2. The quantitative estimate of drug-likeness (QED) is 0.0146. The summed E-state index contributed by atoms with van der Waals surface area (Å²) in [7, 11) is -9.79. The molecule has 0 aromatic rings. The molecule has 0 radical (unpaired) electrons. The predicted octanol–water partition coefficient (Wildman–Crippen LogP) is 21.0. The van der Waals surface area contributed by atoms with Crippen molar-refractivity contribution in [2.24, 2.45) is 0 Å². The van der Waals surface area contributed by atoms with Crippen molar-refractivity contribution in [1.82, 2.24) is 0 Å². The summed E-state index contributed by atoms with van der Waals surface area (Å²) >= 11 is 0. The van der Waals surface area contributed by atoms with Crippen molar-refractivity contribution in [1.29, 1.82) is 0 Å². The summed E-state index contributed by atoms with van der Waals surface area (Å²) in [5, 5.41) is 20.6. The van der Waals surface area contributed by atoms with Gasteiger partial charge >= 0.3 is 33.6 Å². The van der Waals surface area contributed by atoms with E-state index in [1.807, 2.05) is 0 Å². The molecule has 0 rings (SSSR count). The van der Waals surface area contributed by atoms with Crippen LogP contribution in [0, 0.1) is 0 Å². The second-order valence-electron chi connectivity index (χ2n) is 24.4. The smallest absolute Gasteiger partial charge is 0.463 e. The Kier molecular flexibility index (Phi) is 66.9. The third-order valence-corrected chi connectivity index (χ3v) is 17.0. The number of hydrogen-bond donors (Lipinski definition) is 4. The maximum Gasteiger partial charge on any atom is 0.472 e. The Morgan fingerprint density at radius 1 is 0.305 bits per heavy atom. The van der Waals surface area contributed by atoms with Gasteiger partial charge in [-0.05, 0) is 135 Å². The van der Waals surface area contributed by atoms with E-state index in [2.05, 4.69) is 142 Å². The Labute approximate surface area is 576 Å². The molecule has 5 unspecified atom stereocenters. The monoisotopic (exact) mass is 1370 g/mol. The first-order valence-corrected chi connectivity index (χ1v) is 39.8. The van der Waals surface area contributed by atoms with Gasteiger partial charge in [0.05, 0.1) is 26.4 Å². The largest absolute Gasteiger partial charge is 0.472 e. The van der Waals surface area contributed by atoms with E-state index in [9.17, 15) is 43.5 Å². The fourth-order valence-corrected chi connectivity index (χ4v) is 11.1. The van der Waals surface area contributed by atoms with Crippen molar-refractivity contribution < 1.29 is 75.8 Å². The summed E-state index contributed by atoms with van der Waals surface area (Å²) in [6.45, 7) is 2.46. The maximum absolute atomic E-state index is 12.9. The van der Waals surface area contributed by atoms with E-state index in [0.717, 1.165) is 135 Å². The Bertz CT molecular complexity index is 2210. The van der Waals surface area contributed by atoms with Gasteiger partial charge in [0, 0.05) is 19.3 Å². The normalized spacial score (nSPS) is 14.8. The molecule has 16 nitrogen and oxygen atoms in total. The van der Waals surface area contributed by atoms with Gasteiger partial charge < -0.3 is 34.2 Å². The van der Waals surface area contributed by atoms with Crippen molar-refractivity contribution in [2.75, 3.05) is 39.6 Å². The first-order chi connectivity index (χ1) is 46.2. The van der Waals surface area contributed by atoms with Crippen LogP contribution in [0.1, 0.15) is 290 Å². The molecule has 0 aliphatic rings. The highest BCUT2D eigenvalue weighted by Crippen LogP contribution is 2.45. The van der Waals surface area contributed by atoms with Gasteiger partial charge in [0.25, 0.3) is 0 Å². The van der Waals surface area contributed by atoms with Gasteiger partial charge in [0.2, 0.25) is 0 Å². The number of hydrogen-bond acceptors (Lipinski definition) is 14. The molecule has 0 saturated heterocycles. The van der Waals surface area contributed by atoms with E-state index >= 15 is 0 Å². The zero-order valence-electron chi connectivity index (χ0n) is 59.3. The van der Waals surface area contributed by atoms with E-state index in [0.29, 0.717) is 19.3 Å². The van der Waals surface area contributed by atoms with E-state index in [1.54, 1.807) is 0 Å². The summed E-state index contributed by atoms with van der Waals surface area (Å²) in [5.41, 5.74) is 0. The Morgan fingerprint density at radius 2 is 0.558 bits per heavy atom. The van der Waals surface area contributed by atoms with Crippen LogP contribution in [-0.4, -0.2) is 95.9 Å². The fraction of sp³-hybridized carbons (Fsp3) is 0.701. The molecular formula is C77H132O16P2. The van der Waals surface area contributed by atoms with Gasteiger partial charge in [-0.15, -0.1) is 0 Å². The topological polar surface area (TPSA) is 231 Å². The molecule has 0 aliphatic heterocycles. The van der Waals surface area contributed by atoms with Crippen LogP contribution in [0.5, 0.6) is 0 Å². The standard InChI is InChI=1S/C77H132O16P2/c1-4-7-10-13-16-19-22-25-27-29-31-32-33-34-35-36-37-38-40-42-43-46-48-51-54-57-60-63-75(80)87-66-72(78)67-89-94(83,84)90-68-73(79)69-91-95(85,86)92-71-74(93-77(82)65-62-59-56-53-50-45-24-21-18-15-12-9-6-3)70-88-76(81)64-61-58-55-52-49-47-44-41-39-30-28-26-23-20-17-14-11-8-5-2/h8,11,16-17,19-21,24-28,31-32,34-35,39,41,47,49,72-74,78-79H,4-7,9-10,12-15,18,22-23,29-30,33,36-38,40,42-46,48,50-71H2,1-3H3,(H,83,84)(H,85,86)/b11-8-,19-16-,20-17-,24-21-,27-25-,28-26-,32-31-,35-34-,41-39-,49-47-. The molecule has 0 fully saturated rings. The lowest BCUT2D eigenvalue weighted by Gasteiger charge is -2.21. The first-order valence-electron chi connectivity index (χ1n) is 36.8. The number of rotatable bonds is 69. The average Bonchev–Trinajstić information content (AvgIpc) is 2.12. The maximum atomic E-state index is 12.9. The lowest BCUT2D eigenvalue weighted by atomic mass is 10.0. The molecule has 4 N–H and O–H groups in total. The number of allylic oxidation sites excluding steroid dienone is 20. The summed E-state index contributed by atoms with van der Waals surface area (Å²) in [6.07, 6.45) is 81.1. The van der Waals surface area contributed by atoms with E-state index in [4.69, 9.17) is 32.3 Å². The number of aliphatic hydroxyl groups is 2. The van der Waals surface area contributed by atoms with Gasteiger partial charge in [-0.2, -0.15) is 0 Å². The zero-order chi connectivity index (χ0) is 69.5. The van der Waals surface area contributed by atoms with Crippen LogP contribution in [0.3, 0.4) is 0 Å². The fourth-order valence-electron chi connectivity index (χ4n) is 9.52. The van der Waals surface area contributed by atoms with Gasteiger partial charge in [-0.1, -0.05) is 258 Å². The highest BCUT2D eigenvalue weighted by Gasteiger charge is 2.29. The van der Waals surface area contributed by atoms with Crippen LogP contribution in [0.25, 0.3) is 0 Å². The number of unbranched alkanes of at least 4 members (excludes halogenated alkanes) is 26. The zero-order valence-corrected chi connectivity index (χ0v) is 61.1. The second-order valence-corrected chi connectivity index (χ2v) is 27.3. The molecule has 0 aromatic heterocycles. The minimum absolute atomic E-state index is 0.0846. The van der Waals surface area contributed by atoms with Gasteiger partial charge in [-0.3, -0.25) is 32.5 Å². The highest BCUT2D eigenvalue weighted by molar-refractivity contribution is 7.47. The molecule has 95 heavy (non-hydrogen) atoms. The summed E-state index contributed by atoms with van der Waals surface area (Å²) in [5.74, 6) is -1.63. The molecule has 0 amide bonds. The Hall–Kier alpha value is -4.05. The van der Waals surface area contributed by atoms with Crippen molar-refractivity contribution in [3.05, 3.63) is 122 Å². The molecule has 18 heteroatoms. The number of carbonyl (C=O) groups excluding carboxylic acids is 3. The minimum Gasteiger partial charge on any atom is -0.463 e. The second kappa shape index (κ2) is 69.8. The van der Waals surface area contributed by atoms with Crippen LogP contribution in [-0.2, 0) is 55.8 Å². The van der Waals surface area contributed by atoms with Gasteiger partial charge in [0.15, 0.2) is 6.10 Å². The number of carbonyl (C=O) groups is 3.